The largest absolute Gasteiger partial charge is 0.477 e. The number of carbonyl (C=O) groups excluding carboxylic acids is 1. The molecule has 0 fully saturated rings. The molecular formula is C15H17N3O2. The molecular weight excluding hydrogens is 254 g/mol. The summed E-state index contributed by atoms with van der Waals surface area (Å²) in [7, 11) is 0. The zero-order valence-corrected chi connectivity index (χ0v) is 11.5. The lowest BCUT2D eigenvalue weighted by molar-refractivity contribution is 0.0934. The number of pyridine rings is 2. The predicted octanol–water partition coefficient (Wildman–Crippen LogP) is 2.37. The minimum atomic E-state index is -0.222. The van der Waals surface area contributed by atoms with Crippen LogP contribution in [0, 0.1) is 0 Å². The van der Waals surface area contributed by atoms with Gasteiger partial charge in [-0.2, -0.15) is 0 Å². The molecule has 2 rings (SSSR count). The van der Waals surface area contributed by atoms with Crippen molar-refractivity contribution >= 4 is 5.91 Å². The molecule has 0 saturated carbocycles. The minimum absolute atomic E-state index is 0.182. The van der Waals surface area contributed by atoms with Crippen LogP contribution in [0.15, 0.2) is 42.7 Å². The number of aromatic nitrogens is 2. The van der Waals surface area contributed by atoms with Gasteiger partial charge in [0.15, 0.2) is 0 Å². The topological polar surface area (TPSA) is 64.1 Å². The van der Waals surface area contributed by atoms with Gasteiger partial charge in [0, 0.05) is 12.4 Å². The maximum Gasteiger partial charge on any atom is 0.257 e. The summed E-state index contributed by atoms with van der Waals surface area (Å²) in [6, 6.07) is 8.82. The first-order chi connectivity index (χ1) is 9.72. The molecule has 0 unspecified atom stereocenters. The molecule has 0 aromatic carbocycles. The Hall–Kier alpha value is -2.43. The fraction of sp³-hybridized carbons (Fsp3) is 0.267. The summed E-state index contributed by atoms with van der Waals surface area (Å²) < 4.78 is 5.36. The molecule has 2 aromatic heterocycles. The van der Waals surface area contributed by atoms with E-state index in [1.54, 1.807) is 24.5 Å². The van der Waals surface area contributed by atoms with E-state index in [-0.39, 0.29) is 11.9 Å². The molecule has 0 spiro atoms. The highest BCUT2D eigenvalue weighted by molar-refractivity contribution is 5.96. The summed E-state index contributed by atoms with van der Waals surface area (Å²) >= 11 is 0. The summed E-state index contributed by atoms with van der Waals surface area (Å²) in [5.41, 5.74) is 1.24. The fourth-order valence-corrected chi connectivity index (χ4v) is 1.80. The number of carbonyl (C=O) groups is 1. The highest BCUT2D eigenvalue weighted by Gasteiger charge is 2.16. The van der Waals surface area contributed by atoms with Gasteiger partial charge in [-0.15, -0.1) is 0 Å². The molecule has 0 aliphatic carbocycles. The maximum absolute atomic E-state index is 12.3. The molecule has 0 aliphatic rings. The molecule has 1 atom stereocenters. The Bertz CT molecular complexity index is 572. The van der Waals surface area contributed by atoms with Gasteiger partial charge in [0.1, 0.15) is 5.56 Å². The third-order valence-electron chi connectivity index (χ3n) is 2.78. The molecule has 2 heterocycles. The summed E-state index contributed by atoms with van der Waals surface area (Å²) in [5, 5.41) is 2.89. The van der Waals surface area contributed by atoms with Crippen LogP contribution in [0.25, 0.3) is 0 Å². The van der Waals surface area contributed by atoms with Gasteiger partial charge in [0.25, 0.3) is 5.91 Å². The number of hydrogen-bond acceptors (Lipinski definition) is 4. The Morgan fingerprint density at radius 2 is 2.05 bits per heavy atom. The first-order valence-corrected chi connectivity index (χ1v) is 6.52. The van der Waals surface area contributed by atoms with Gasteiger partial charge in [-0.25, -0.2) is 4.98 Å². The lowest BCUT2D eigenvalue weighted by atomic mass is 10.2. The number of amides is 1. The highest BCUT2D eigenvalue weighted by Crippen LogP contribution is 2.16. The molecule has 1 N–H and O–H groups in total. The van der Waals surface area contributed by atoms with Crippen LogP contribution >= 0.6 is 0 Å². The van der Waals surface area contributed by atoms with Gasteiger partial charge in [0.05, 0.1) is 18.3 Å². The molecule has 0 aliphatic heterocycles. The van der Waals surface area contributed by atoms with E-state index in [1.807, 2.05) is 32.0 Å². The third kappa shape index (κ3) is 3.32. The van der Waals surface area contributed by atoms with E-state index >= 15 is 0 Å². The van der Waals surface area contributed by atoms with Gasteiger partial charge in [-0.3, -0.25) is 9.78 Å². The van der Waals surface area contributed by atoms with Crippen molar-refractivity contribution in [2.24, 2.45) is 0 Å². The van der Waals surface area contributed by atoms with E-state index in [9.17, 15) is 4.79 Å². The third-order valence-corrected chi connectivity index (χ3v) is 2.78. The molecule has 104 valence electrons. The zero-order chi connectivity index (χ0) is 14.4. The van der Waals surface area contributed by atoms with Crippen molar-refractivity contribution in [1.29, 1.82) is 0 Å². The Balaban J connectivity index is 2.12. The van der Waals surface area contributed by atoms with Crippen LogP contribution in [0.3, 0.4) is 0 Å². The maximum atomic E-state index is 12.3. The van der Waals surface area contributed by atoms with Gasteiger partial charge < -0.3 is 10.1 Å². The monoisotopic (exact) mass is 271 g/mol. The number of hydrogen-bond donors (Lipinski definition) is 1. The highest BCUT2D eigenvalue weighted by atomic mass is 16.5. The average Bonchev–Trinajstić information content (AvgIpc) is 2.49. The van der Waals surface area contributed by atoms with Crippen LogP contribution in [0.2, 0.25) is 0 Å². The van der Waals surface area contributed by atoms with E-state index in [2.05, 4.69) is 15.3 Å². The van der Waals surface area contributed by atoms with E-state index in [1.165, 1.54) is 0 Å². The first-order valence-electron chi connectivity index (χ1n) is 6.52. The lowest BCUT2D eigenvalue weighted by Crippen LogP contribution is -2.27. The summed E-state index contributed by atoms with van der Waals surface area (Å²) in [5.74, 6) is 0.125. The number of ether oxygens (including phenoxy) is 1. The van der Waals surface area contributed by atoms with Gasteiger partial charge in [-0.1, -0.05) is 6.07 Å². The molecule has 0 saturated heterocycles. The van der Waals surface area contributed by atoms with Crippen molar-refractivity contribution in [3.05, 3.63) is 54.0 Å². The van der Waals surface area contributed by atoms with Crippen LogP contribution in [-0.2, 0) is 0 Å². The molecule has 0 bridgehead atoms. The van der Waals surface area contributed by atoms with Crippen LogP contribution in [0.5, 0.6) is 5.88 Å². The van der Waals surface area contributed by atoms with E-state index in [0.29, 0.717) is 18.1 Å². The second-order valence-corrected chi connectivity index (χ2v) is 4.24. The van der Waals surface area contributed by atoms with Crippen molar-refractivity contribution in [1.82, 2.24) is 15.3 Å². The summed E-state index contributed by atoms with van der Waals surface area (Å²) in [6.07, 6.45) is 3.30. The smallest absolute Gasteiger partial charge is 0.257 e. The molecule has 5 heteroatoms. The Kier molecular flexibility index (Phi) is 4.65. The Labute approximate surface area is 118 Å². The van der Waals surface area contributed by atoms with E-state index < -0.39 is 0 Å². The zero-order valence-electron chi connectivity index (χ0n) is 11.5. The number of nitrogens with one attached hydrogen (secondary N) is 1. The molecule has 1 amide bonds. The quantitative estimate of drug-likeness (QED) is 0.906. The predicted molar refractivity (Wildman–Crippen MR) is 75.5 cm³/mol. The summed E-state index contributed by atoms with van der Waals surface area (Å²) in [6.45, 7) is 4.21. The molecule has 5 nitrogen and oxygen atoms in total. The average molecular weight is 271 g/mol. The van der Waals surface area contributed by atoms with Gasteiger partial charge in [0.2, 0.25) is 5.88 Å². The van der Waals surface area contributed by atoms with E-state index in [0.717, 1.165) is 5.69 Å². The van der Waals surface area contributed by atoms with Crippen molar-refractivity contribution in [3.8, 4) is 5.88 Å². The SMILES string of the molecule is CCOc1ncccc1C(=O)N[C@H](C)c1ccccn1. The second kappa shape index (κ2) is 6.65. The standard InChI is InChI=1S/C15H17N3O2/c1-3-20-15-12(7-6-10-17-15)14(19)18-11(2)13-8-4-5-9-16-13/h4-11H,3H2,1-2H3,(H,18,19)/t11-/m1/s1. The summed E-state index contributed by atoms with van der Waals surface area (Å²) in [4.78, 5) is 20.6. The van der Waals surface area contributed by atoms with E-state index in [4.69, 9.17) is 4.74 Å². The van der Waals surface area contributed by atoms with Gasteiger partial charge in [-0.05, 0) is 38.1 Å². The van der Waals surface area contributed by atoms with Crippen molar-refractivity contribution in [2.45, 2.75) is 19.9 Å². The Morgan fingerprint density at radius 3 is 2.75 bits per heavy atom. The molecule has 20 heavy (non-hydrogen) atoms. The second-order valence-electron chi connectivity index (χ2n) is 4.24. The fourth-order valence-electron chi connectivity index (χ4n) is 1.80. The van der Waals surface area contributed by atoms with Crippen molar-refractivity contribution in [3.63, 3.8) is 0 Å². The van der Waals surface area contributed by atoms with Gasteiger partial charge >= 0.3 is 0 Å². The van der Waals surface area contributed by atoms with Crippen molar-refractivity contribution in [2.75, 3.05) is 6.61 Å². The first kappa shape index (κ1) is 14.0. The van der Waals surface area contributed by atoms with Crippen LogP contribution in [-0.4, -0.2) is 22.5 Å². The van der Waals surface area contributed by atoms with Crippen LogP contribution in [0.1, 0.15) is 35.9 Å². The van der Waals surface area contributed by atoms with Crippen LogP contribution < -0.4 is 10.1 Å². The lowest BCUT2D eigenvalue weighted by Gasteiger charge is -2.14. The van der Waals surface area contributed by atoms with Crippen molar-refractivity contribution < 1.29 is 9.53 Å². The van der Waals surface area contributed by atoms with Crippen LogP contribution in [0.4, 0.5) is 0 Å². The Morgan fingerprint density at radius 1 is 1.25 bits per heavy atom. The number of nitrogens with zero attached hydrogens (tertiary/aromatic N) is 2. The number of rotatable bonds is 5. The minimum Gasteiger partial charge on any atom is -0.477 e. The normalized spacial score (nSPS) is 11.7. The molecule has 0 radical (unpaired) electrons. The molecule has 2 aromatic rings.